The standard InChI is InChI=1S/C19H25N5O.HI/c1-2-10-21-19(22-12-8-17-6-5-14-25-17)23-16-9-13-24(15-16)18-7-3-4-11-20-18;/h2-7,11,14,16H,1,8-10,12-13,15H2,(H2,21,22,23);1H. The predicted molar refractivity (Wildman–Crippen MR) is 116 cm³/mol. The number of halogens is 1. The minimum atomic E-state index is 0. The van der Waals surface area contributed by atoms with Crippen LogP contribution >= 0.6 is 24.0 Å². The topological polar surface area (TPSA) is 65.7 Å². The zero-order valence-electron chi connectivity index (χ0n) is 14.8. The van der Waals surface area contributed by atoms with Crippen LogP contribution in [0.3, 0.4) is 0 Å². The van der Waals surface area contributed by atoms with Gasteiger partial charge in [0, 0.05) is 44.8 Å². The number of furan rings is 1. The molecule has 0 amide bonds. The number of anilines is 1. The van der Waals surface area contributed by atoms with Gasteiger partial charge in [-0.3, -0.25) is 4.99 Å². The first-order valence-electron chi connectivity index (χ1n) is 8.69. The molecule has 26 heavy (non-hydrogen) atoms. The summed E-state index contributed by atoms with van der Waals surface area (Å²) in [6.45, 7) is 7.04. The number of pyridine rings is 1. The number of nitrogens with one attached hydrogen (secondary N) is 2. The van der Waals surface area contributed by atoms with Crippen LogP contribution in [0.1, 0.15) is 12.2 Å². The Balaban J connectivity index is 0.00000243. The second kappa shape index (κ2) is 10.8. The largest absolute Gasteiger partial charge is 0.469 e. The fourth-order valence-corrected chi connectivity index (χ4v) is 2.87. The molecule has 0 aliphatic carbocycles. The molecule has 0 aromatic carbocycles. The summed E-state index contributed by atoms with van der Waals surface area (Å²) in [4.78, 5) is 11.4. The summed E-state index contributed by atoms with van der Waals surface area (Å²) in [6.07, 6.45) is 7.21. The smallest absolute Gasteiger partial charge is 0.191 e. The molecule has 2 N–H and O–H groups in total. The monoisotopic (exact) mass is 467 g/mol. The maximum atomic E-state index is 5.35. The van der Waals surface area contributed by atoms with Gasteiger partial charge in [0.25, 0.3) is 0 Å². The van der Waals surface area contributed by atoms with Crippen molar-refractivity contribution in [3.05, 3.63) is 61.2 Å². The maximum Gasteiger partial charge on any atom is 0.191 e. The van der Waals surface area contributed by atoms with Gasteiger partial charge in [-0.05, 0) is 30.7 Å². The van der Waals surface area contributed by atoms with E-state index in [1.54, 1.807) is 6.26 Å². The normalized spacial score (nSPS) is 16.8. The van der Waals surface area contributed by atoms with Crippen molar-refractivity contribution in [1.82, 2.24) is 15.6 Å². The van der Waals surface area contributed by atoms with E-state index in [2.05, 4.69) is 38.2 Å². The molecule has 6 nitrogen and oxygen atoms in total. The van der Waals surface area contributed by atoms with Crippen LogP contribution < -0.4 is 15.5 Å². The predicted octanol–water partition coefficient (Wildman–Crippen LogP) is 2.84. The Morgan fingerprint density at radius 3 is 3.04 bits per heavy atom. The summed E-state index contributed by atoms with van der Waals surface area (Å²) in [5, 5.41) is 6.81. The van der Waals surface area contributed by atoms with Crippen molar-refractivity contribution in [3.8, 4) is 0 Å². The van der Waals surface area contributed by atoms with E-state index in [-0.39, 0.29) is 24.0 Å². The molecule has 3 heterocycles. The molecule has 0 bridgehead atoms. The average Bonchev–Trinajstić information content (AvgIpc) is 3.32. The van der Waals surface area contributed by atoms with Crippen LogP contribution in [0.25, 0.3) is 0 Å². The highest BCUT2D eigenvalue weighted by atomic mass is 127. The lowest BCUT2D eigenvalue weighted by atomic mass is 10.3. The third-order valence-corrected chi connectivity index (χ3v) is 4.12. The first-order chi connectivity index (χ1) is 12.3. The quantitative estimate of drug-likeness (QED) is 0.284. The van der Waals surface area contributed by atoms with Crippen molar-refractivity contribution in [1.29, 1.82) is 0 Å². The molecule has 0 saturated carbocycles. The van der Waals surface area contributed by atoms with E-state index in [4.69, 9.17) is 4.42 Å². The second-order valence-corrected chi connectivity index (χ2v) is 5.99. The molecule has 1 atom stereocenters. The SMILES string of the molecule is C=CCNC(=NCCc1ccco1)NC1CCN(c2ccccn2)C1.I. The maximum absolute atomic E-state index is 5.35. The molecule has 2 aromatic rings. The molecule has 0 radical (unpaired) electrons. The molecule has 0 spiro atoms. The van der Waals surface area contributed by atoms with Gasteiger partial charge in [-0.2, -0.15) is 0 Å². The lowest BCUT2D eigenvalue weighted by molar-refractivity contribution is 0.510. The van der Waals surface area contributed by atoms with Crippen LogP contribution in [-0.2, 0) is 6.42 Å². The van der Waals surface area contributed by atoms with Gasteiger partial charge in [0.05, 0.1) is 6.26 Å². The first-order valence-corrected chi connectivity index (χ1v) is 8.69. The fraction of sp³-hybridized carbons (Fsp3) is 0.368. The zero-order chi connectivity index (χ0) is 17.3. The van der Waals surface area contributed by atoms with Gasteiger partial charge in [-0.15, -0.1) is 30.6 Å². The van der Waals surface area contributed by atoms with Crippen LogP contribution in [0, 0.1) is 0 Å². The van der Waals surface area contributed by atoms with E-state index in [1.165, 1.54) is 0 Å². The molecule has 3 rings (SSSR count). The second-order valence-electron chi connectivity index (χ2n) is 5.99. The molecular formula is C19H26IN5O. The van der Waals surface area contributed by atoms with E-state index < -0.39 is 0 Å². The molecule has 2 aromatic heterocycles. The Hall–Kier alpha value is -2.03. The summed E-state index contributed by atoms with van der Waals surface area (Å²) in [5.41, 5.74) is 0. The zero-order valence-corrected chi connectivity index (χ0v) is 17.1. The van der Waals surface area contributed by atoms with Crippen LogP contribution in [0.2, 0.25) is 0 Å². The Morgan fingerprint density at radius 2 is 2.31 bits per heavy atom. The van der Waals surface area contributed by atoms with Crippen molar-refractivity contribution in [2.75, 3.05) is 31.1 Å². The first kappa shape index (κ1) is 20.3. The Kier molecular flexibility index (Phi) is 8.46. The molecule has 7 heteroatoms. The number of hydrogen-bond donors (Lipinski definition) is 2. The Bertz CT molecular complexity index is 675. The molecule has 140 valence electrons. The minimum absolute atomic E-state index is 0. The third-order valence-electron chi connectivity index (χ3n) is 4.12. The summed E-state index contributed by atoms with van der Waals surface area (Å²) in [7, 11) is 0. The van der Waals surface area contributed by atoms with Crippen LogP contribution in [0.15, 0.2) is 64.9 Å². The molecule has 1 fully saturated rings. The lowest BCUT2D eigenvalue weighted by Crippen LogP contribution is -2.45. The van der Waals surface area contributed by atoms with Crippen LogP contribution in [0.4, 0.5) is 5.82 Å². The van der Waals surface area contributed by atoms with E-state index in [0.717, 1.165) is 43.5 Å². The van der Waals surface area contributed by atoms with Crippen molar-refractivity contribution in [2.45, 2.75) is 18.9 Å². The third kappa shape index (κ3) is 6.05. The van der Waals surface area contributed by atoms with Gasteiger partial charge < -0.3 is 20.0 Å². The van der Waals surface area contributed by atoms with Crippen LogP contribution in [0.5, 0.6) is 0 Å². The molecule has 1 aliphatic heterocycles. The van der Waals surface area contributed by atoms with Crippen molar-refractivity contribution < 1.29 is 4.42 Å². The molecule has 1 saturated heterocycles. The number of rotatable bonds is 7. The van der Waals surface area contributed by atoms with E-state index >= 15 is 0 Å². The number of hydrogen-bond acceptors (Lipinski definition) is 4. The highest BCUT2D eigenvalue weighted by molar-refractivity contribution is 14.0. The molecule has 1 aliphatic rings. The summed E-state index contributed by atoms with van der Waals surface area (Å²) < 4.78 is 5.35. The lowest BCUT2D eigenvalue weighted by Gasteiger charge is -2.19. The van der Waals surface area contributed by atoms with E-state index in [0.29, 0.717) is 19.1 Å². The molecule has 1 unspecified atom stereocenters. The highest BCUT2D eigenvalue weighted by Gasteiger charge is 2.23. The van der Waals surface area contributed by atoms with E-state index in [9.17, 15) is 0 Å². The summed E-state index contributed by atoms with van der Waals surface area (Å²) in [6, 6.07) is 10.2. The van der Waals surface area contributed by atoms with Gasteiger partial charge in [0.15, 0.2) is 5.96 Å². The number of aromatic nitrogens is 1. The van der Waals surface area contributed by atoms with Gasteiger partial charge in [0.2, 0.25) is 0 Å². The number of aliphatic imine (C=N–C) groups is 1. The Morgan fingerprint density at radius 1 is 1.38 bits per heavy atom. The van der Waals surface area contributed by atoms with E-state index in [1.807, 2.05) is 36.5 Å². The van der Waals surface area contributed by atoms with Crippen LogP contribution in [-0.4, -0.2) is 43.2 Å². The van der Waals surface area contributed by atoms with Crippen molar-refractivity contribution in [2.24, 2.45) is 4.99 Å². The fourth-order valence-electron chi connectivity index (χ4n) is 2.87. The summed E-state index contributed by atoms with van der Waals surface area (Å²) in [5.74, 6) is 2.80. The highest BCUT2D eigenvalue weighted by Crippen LogP contribution is 2.17. The number of nitrogens with zero attached hydrogens (tertiary/aromatic N) is 3. The summed E-state index contributed by atoms with van der Waals surface area (Å²) >= 11 is 0. The van der Waals surface area contributed by atoms with Crippen molar-refractivity contribution in [3.63, 3.8) is 0 Å². The minimum Gasteiger partial charge on any atom is -0.469 e. The molecular weight excluding hydrogens is 441 g/mol. The van der Waals surface area contributed by atoms with Crippen molar-refractivity contribution >= 4 is 35.8 Å². The van der Waals surface area contributed by atoms with Gasteiger partial charge >= 0.3 is 0 Å². The number of guanidine groups is 1. The van der Waals surface area contributed by atoms with Gasteiger partial charge in [-0.25, -0.2) is 4.98 Å². The Labute approximate surface area is 171 Å². The van der Waals surface area contributed by atoms with Gasteiger partial charge in [-0.1, -0.05) is 12.1 Å². The van der Waals surface area contributed by atoms with Gasteiger partial charge in [0.1, 0.15) is 11.6 Å². The average molecular weight is 467 g/mol.